The predicted molar refractivity (Wildman–Crippen MR) is 78.0 cm³/mol. The van der Waals surface area contributed by atoms with Gasteiger partial charge in [0, 0.05) is 11.6 Å². The molecule has 0 bridgehead atoms. The number of aromatic nitrogens is 2. The van der Waals surface area contributed by atoms with Crippen molar-refractivity contribution >= 4 is 15.8 Å². The summed E-state index contributed by atoms with van der Waals surface area (Å²) in [5.74, 6) is 5.43. The molecule has 1 aromatic carbocycles. The van der Waals surface area contributed by atoms with E-state index in [1.165, 1.54) is 24.3 Å². The van der Waals surface area contributed by atoms with Crippen molar-refractivity contribution < 1.29 is 8.42 Å². The van der Waals surface area contributed by atoms with E-state index in [0.29, 0.717) is 5.56 Å². The number of aromatic amines is 1. The Hall–Kier alpha value is -2.63. The maximum atomic E-state index is 12.2. The van der Waals surface area contributed by atoms with Crippen LogP contribution in [0.25, 0.3) is 0 Å². The van der Waals surface area contributed by atoms with E-state index >= 15 is 0 Å². The number of sulfonamides is 1. The summed E-state index contributed by atoms with van der Waals surface area (Å²) < 4.78 is 26.7. The standard InChI is InChI=1S/C13H12N4O3S/c14-8-2-4-10-3-1-5-11(9-10)21(19,20)17-12-6-7-13(18)16-15-12/h1,3,5-7,9H,8,14H2,(H,15,17)(H,16,18). The zero-order valence-electron chi connectivity index (χ0n) is 10.8. The van der Waals surface area contributed by atoms with Gasteiger partial charge in [-0.25, -0.2) is 13.5 Å². The van der Waals surface area contributed by atoms with Gasteiger partial charge in [0.1, 0.15) is 0 Å². The number of hydrogen-bond donors (Lipinski definition) is 3. The molecule has 0 aliphatic rings. The van der Waals surface area contributed by atoms with Crippen molar-refractivity contribution in [1.82, 2.24) is 10.2 Å². The van der Waals surface area contributed by atoms with Crippen molar-refractivity contribution in [3.05, 3.63) is 52.3 Å². The number of nitrogens with one attached hydrogen (secondary N) is 2. The van der Waals surface area contributed by atoms with Gasteiger partial charge in [0.25, 0.3) is 15.6 Å². The second-order valence-corrected chi connectivity index (χ2v) is 5.63. The lowest BCUT2D eigenvalue weighted by molar-refractivity contribution is 0.601. The molecule has 0 fully saturated rings. The topological polar surface area (TPSA) is 118 Å². The van der Waals surface area contributed by atoms with E-state index in [1.54, 1.807) is 12.1 Å². The molecule has 0 unspecified atom stereocenters. The van der Waals surface area contributed by atoms with Crippen LogP contribution < -0.4 is 16.0 Å². The molecule has 4 N–H and O–H groups in total. The molecular weight excluding hydrogens is 292 g/mol. The monoisotopic (exact) mass is 304 g/mol. The van der Waals surface area contributed by atoms with E-state index in [0.717, 1.165) is 0 Å². The van der Waals surface area contributed by atoms with E-state index in [4.69, 9.17) is 5.73 Å². The summed E-state index contributed by atoms with van der Waals surface area (Å²) in [5.41, 5.74) is 5.39. The third-order valence-corrected chi connectivity index (χ3v) is 3.75. The van der Waals surface area contributed by atoms with Gasteiger partial charge in [0.05, 0.1) is 11.4 Å². The van der Waals surface area contributed by atoms with Crippen molar-refractivity contribution in [2.45, 2.75) is 4.90 Å². The Kier molecular flexibility index (Phi) is 4.37. The lowest BCUT2D eigenvalue weighted by Gasteiger charge is -2.06. The Bertz CT molecular complexity index is 842. The molecule has 1 aromatic heterocycles. The quantitative estimate of drug-likeness (QED) is 0.683. The van der Waals surface area contributed by atoms with E-state index in [2.05, 4.69) is 26.8 Å². The zero-order valence-corrected chi connectivity index (χ0v) is 11.6. The number of H-pyrrole nitrogens is 1. The van der Waals surface area contributed by atoms with Crippen LogP contribution >= 0.6 is 0 Å². The van der Waals surface area contributed by atoms with Crippen LogP contribution in [0.4, 0.5) is 5.82 Å². The largest absolute Gasteiger partial charge is 0.320 e. The molecule has 0 saturated carbocycles. The summed E-state index contributed by atoms with van der Waals surface area (Å²) in [4.78, 5) is 10.9. The molecule has 2 rings (SSSR count). The van der Waals surface area contributed by atoms with Gasteiger partial charge < -0.3 is 5.73 Å². The van der Waals surface area contributed by atoms with E-state index < -0.39 is 15.6 Å². The SMILES string of the molecule is NCC#Cc1cccc(S(=O)(=O)Nc2ccc(=O)[nH]n2)c1. The zero-order chi connectivity index (χ0) is 15.3. The molecule has 8 heteroatoms. The molecular formula is C13H12N4O3S. The highest BCUT2D eigenvalue weighted by Crippen LogP contribution is 2.14. The van der Waals surface area contributed by atoms with E-state index in [9.17, 15) is 13.2 Å². The van der Waals surface area contributed by atoms with Gasteiger partial charge in [0.15, 0.2) is 5.82 Å². The lowest BCUT2D eigenvalue weighted by Crippen LogP contribution is -2.16. The first-order chi connectivity index (χ1) is 10.0. The highest BCUT2D eigenvalue weighted by molar-refractivity contribution is 7.92. The van der Waals surface area contributed by atoms with Crippen LogP contribution in [0.5, 0.6) is 0 Å². The average molecular weight is 304 g/mol. The van der Waals surface area contributed by atoms with Crippen LogP contribution in [0.3, 0.4) is 0 Å². The summed E-state index contributed by atoms with van der Waals surface area (Å²) in [5, 5.41) is 5.73. The van der Waals surface area contributed by atoms with Gasteiger partial charge in [-0.3, -0.25) is 9.52 Å². The molecule has 0 radical (unpaired) electrons. The van der Waals surface area contributed by atoms with Gasteiger partial charge in [-0.05, 0) is 24.3 Å². The lowest BCUT2D eigenvalue weighted by atomic mass is 10.2. The number of anilines is 1. The molecule has 0 amide bonds. The Morgan fingerprint density at radius 1 is 1.29 bits per heavy atom. The van der Waals surface area contributed by atoms with Crippen molar-refractivity contribution in [2.24, 2.45) is 5.73 Å². The average Bonchev–Trinajstić information content (AvgIpc) is 2.48. The molecule has 21 heavy (non-hydrogen) atoms. The van der Waals surface area contributed by atoms with Crippen LogP contribution in [-0.2, 0) is 10.0 Å². The summed E-state index contributed by atoms with van der Waals surface area (Å²) in [7, 11) is -3.81. The number of benzene rings is 1. The maximum absolute atomic E-state index is 12.2. The van der Waals surface area contributed by atoms with Gasteiger partial charge >= 0.3 is 0 Å². The molecule has 0 atom stereocenters. The minimum Gasteiger partial charge on any atom is -0.320 e. The molecule has 0 saturated heterocycles. The Balaban J connectivity index is 2.31. The molecule has 0 aliphatic heterocycles. The van der Waals surface area contributed by atoms with Crippen LogP contribution in [0, 0.1) is 11.8 Å². The minimum atomic E-state index is -3.81. The van der Waals surface area contributed by atoms with Crippen LogP contribution in [0.15, 0.2) is 46.1 Å². The third-order valence-electron chi connectivity index (χ3n) is 2.40. The van der Waals surface area contributed by atoms with Crippen molar-refractivity contribution in [1.29, 1.82) is 0 Å². The van der Waals surface area contributed by atoms with Crippen molar-refractivity contribution in [2.75, 3.05) is 11.3 Å². The van der Waals surface area contributed by atoms with Crippen molar-refractivity contribution in [3.8, 4) is 11.8 Å². The Morgan fingerprint density at radius 3 is 2.76 bits per heavy atom. The fourth-order valence-corrected chi connectivity index (χ4v) is 2.54. The number of nitrogens with two attached hydrogens (primary N) is 1. The molecule has 2 aromatic rings. The Labute approximate surface area is 121 Å². The first kappa shape index (κ1) is 14.8. The second-order valence-electron chi connectivity index (χ2n) is 3.95. The summed E-state index contributed by atoms with van der Waals surface area (Å²) in [6.07, 6.45) is 0. The predicted octanol–water partition coefficient (Wildman–Crippen LogP) is -0.119. The van der Waals surface area contributed by atoms with Crippen molar-refractivity contribution in [3.63, 3.8) is 0 Å². The molecule has 1 heterocycles. The normalized spacial score (nSPS) is 10.5. The van der Waals surface area contributed by atoms with Crippen LogP contribution in [0.1, 0.15) is 5.56 Å². The van der Waals surface area contributed by atoms with Gasteiger partial charge in [-0.2, -0.15) is 5.10 Å². The minimum absolute atomic E-state index is 0.0213. The molecule has 108 valence electrons. The summed E-state index contributed by atoms with van der Waals surface area (Å²) in [6, 6.07) is 8.57. The fourth-order valence-electron chi connectivity index (χ4n) is 1.49. The molecule has 0 spiro atoms. The number of rotatable bonds is 3. The number of nitrogens with zero attached hydrogens (tertiary/aromatic N) is 1. The highest BCUT2D eigenvalue weighted by Gasteiger charge is 2.15. The van der Waals surface area contributed by atoms with Gasteiger partial charge in [-0.1, -0.05) is 17.9 Å². The molecule has 0 aliphatic carbocycles. The fraction of sp³-hybridized carbons (Fsp3) is 0.0769. The Morgan fingerprint density at radius 2 is 2.10 bits per heavy atom. The summed E-state index contributed by atoms with van der Waals surface area (Å²) >= 11 is 0. The van der Waals surface area contributed by atoms with Crippen LogP contribution in [-0.4, -0.2) is 25.2 Å². The summed E-state index contributed by atoms with van der Waals surface area (Å²) in [6.45, 7) is 0.191. The van der Waals surface area contributed by atoms with E-state index in [-0.39, 0.29) is 17.3 Å². The van der Waals surface area contributed by atoms with Crippen LogP contribution in [0.2, 0.25) is 0 Å². The third kappa shape index (κ3) is 3.92. The molecule has 7 nitrogen and oxygen atoms in total. The smallest absolute Gasteiger partial charge is 0.264 e. The van der Waals surface area contributed by atoms with Gasteiger partial charge in [-0.15, -0.1) is 0 Å². The number of hydrogen-bond acceptors (Lipinski definition) is 5. The van der Waals surface area contributed by atoms with E-state index in [1.807, 2.05) is 0 Å². The second kappa shape index (κ2) is 6.21. The first-order valence-electron chi connectivity index (χ1n) is 5.89. The highest BCUT2D eigenvalue weighted by atomic mass is 32.2. The maximum Gasteiger partial charge on any atom is 0.264 e. The first-order valence-corrected chi connectivity index (χ1v) is 7.37. The van der Waals surface area contributed by atoms with Gasteiger partial charge in [0.2, 0.25) is 0 Å².